The van der Waals surface area contributed by atoms with Crippen molar-refractivity contribution in [2.75, 3.05) is 10.2 Å². The molecule has 0 saturated heterocycles. The van der Waals surface area contributed by atoms with E-state index in [1.165, 1.54) is 0 Å². The van der Waals surface area contributed by atoms with Gasteiger partial charge in [0.05, 0.1) is 6.04 Å². The number of amides is 1. The van der Waals surface area contributed by atoms with Crippen LogP contribution in [0, 0.1) is 11.5 Å². The van der Waals surface area contributed by atoms with Crippen molar-refractivity contribution in [3.05, 3.63) is 58.6 Å². The van der Waals surface area contributed by atoms with Gasteiger partial charge in [-0.2, -0.15) is 5.26 Å². The van der Waals surface area contributed by atoms with Gasteiger partial charge >= 0.3 is 0 Å². The summed E-state index contributed by atoms with van der Waals surface area (Å²) in [7, 11) is 0. The van der Waals surface area contributed by atoms with Gasteiger partial charge in [0.2, 0.25) is 0 Å². The number of anilines is 2. The van der Waals surface area contributed by atoms with E-state index in [0.29, 0.717) is 10.6 Å². The van der Waals surface area contributed by atoms with Crippen LogP contribution in [0.15, 0.2) is 42.5 Å². The normalized spacial score (nSPS) is 19.6. The van der Waals surface area contributed by atoms with Crippen molar-refractivity contribution in [2.45, 2.75) is 38.6 Å². The molecule has 0 aliphatic carbocycles. The summed E-state index contributed by atoms with van der Waals surface area (Å²) < 4.78 is 0. The minimum absolute atomic E-state index is 0.0546. The third-order valence-corrected chi connectivity index (χ3v) is 5.00. The standard InChI is InChI=1S/C20H21ClN4O2/c1-12-9-18(24-16-6-4-15(21)5-7-16)17-10-14(20(27)23-11-22)3-8-19(17)25(12)13(2)26/h3-8,10,12-13,18,24,26H,9H2,1-2H3,(H,23,27). The summed E-state index contributed by atoms with van der Waals surface area (Å²) in [5.74, 6) is -0.451. The highest BCUT2D eigenvalue weighted by atomic mass is 35.5. The Hall–Kier alpha value is -2.75. The first kappa shape index (κ1) is 19.0. The topological polar surface area (TPSA) is 88.4 Å². The van der Waals surface area contributed by atoms with Gasteiger partial charge in [-0.15, -0.1) is 0 Å². The molecule has 3 N–H and O–H groups in total. The van der Waals surface area contributed by atoms with E-state index in [-0.39, 0.29) is 12.1 Å². The molecule has 3 rings (SSSR count). The highest BCUT2D eigenvalue weighted by Gasteiger charge is 2.32. The Bertz CT molecular complexity index is 877. The molecule has 0 fully saturated rings. The number of nitrogens with one attached hydrogen (secondary N) is 2. The largest absolute Gasteiger partial charge is 0.378 e. The monoisotopic (exact) mass is 384 g/mol. The number of rotatable bonds is 4. The second-order valence-corrected chi connectivity index (χ2v) is 7.10. The minimum Gasteiger partial charge on any atom is -0.378 e. The van der Waals surface area contributed by atoms with Crippen LogP contribution in [0.5, 0.6) is 0 Å². The predicted octanol–water partition coefficient (Wildman–Crippen LogP) is 3.64. The second kappa shape index (κ2) is 7.87. The van der Waals surface area contributed by atoms with Gasteiger partial charge in [-0.25, -0.2) is 0 Å². The summed E-state index contributed by atoms with van der Waals surface area (Å²) in [6.07, 6.45) is 1.74. The Balaban J connectivity index is 2.01. The summed E-state index contributed by atoms with van der Waals surface area (Å²) in [5.41, 5.74) is 3.08. The van der Waals surface area contributed by atoms with Crippen LogP contribution in [-0.4, -0.2) is 23.3 Å². The Morgan fingerprint density at radius 1 is 1.33 bits per heavy atom. The second-order valence-electron chi connectivity index (χ2n) is 6.67. The molecule has 1 aliphatic heterocycles. The highest BCUT2D eigenvalue weighted by Crippen LogP contribution is 2.40. The van der Waals surface area contributed by atoms with E-state index < -0.39 is 12.1 Å². The number of carbonyl (C=O) groups excluding carboxylic acids is 1. The molecule has 2 aromatic carbocycles. The average Bonchev–Trinajstić information content (AvgIpc) is 2.63. The van der Waals surface area contributed by atoms with Crippen molar-refractivity contribution >= 4 is 28.9 Å². The lowest BCUT2D eigenvalue weighted by molar-refractivity contribution is 0.0972. The lowest BCUT2D eigenvalue weighted by Crippen LogP contribution is -2.45. The molecular formula is C20H21ClN4O2. The molecule has 1 aliphatic rings. The third kappa shape index (κ3) is 4.00. The molecule has 0 bridgehead atoms. The van der Waals surface area contributed by atoms with Gasteiger partial charge in [0.25, 0.3) is 5.91 Å². The molecule has 27 heavy (non-hydrogen) atoms. The minimum atomic E-state index is -0.658. The van der Waals surface area contributed by atoms with Gasteiger partial charge in [0, 0.05) is 28.0 Å². The first-order valence-corrected chi connectivity index (χ1v) is 9.10. The van der Waals surface area contributed by atoms with Crippen LogP contribution < -0.4 is 15.5 Å². The first-order valence-electron chi connectivity index (χ1n) is 8.72. The Morgan fingerprint density at radius 3 is 2.67 bits per heavy atom. The van der Waals surface area contributed by atoms with E-state index in [1.807, 2.05) is 35.2 Å². The number of nitrogens with zero attached hydrogens (tertiary/aromatic N) is 2. The van der Waals surface area contributed by atoms with Gasteiger partial charge in [0.15, 0.2) is 6.19 Å². The number of nitriles is 1. The molecule has 1 amide bonds. The summed E-state index contributed by atoms with van der Waals surface area (Å²) in [4.78, 5) is 14.0. The fraction of sp³-hybridized carbons (Fsp3) is 0.300. The molecule has 140 valence electrons. The summed E-state index contributed by atoms with van der Waals surface area (Å²) in [6, 6.07) is 12.7. The van der Waals surface area contributed by atoms with E-state index in [9.17, 15) is 9.90 Å². The van der Waals surface area contributed by atoms with Crippen LogP contribution in [0.2, 0.25) is 5.02 Å². The fourth-order valence-electron chi connectivity index (χ4n) is 3.61. The number of aliphatic hydroxyl groups is 1. The van der Waals surface area contributed by atoms with Crippen LogP contribution in [0.3, 0.4) is 0 Å². The van der Waals surface area contributed by atoms with Gasteiger partial charge in [-0.1, -0.05) is 11.6 Å². The van der Waals surface area contributed by atoms with E-state index in [0.717, 1.165) is 23.4 Å². The Kier molecular flexibility index (Phi) is 5.54. The van der Waals surface area contributed by atoms with E-state index in [4.69, 9.17) is 16.9 Å². The molecule has 0 radical (unpaired) electrons. The molecule has 6 nitrogen and oxygen atoms in total. The maximum atomic E-state index is 12.1. The zero-order valence-corrected chi connectivity index (χ0v) is 15.9. The predicted molar refractivity (Wildman–Crippen MR) is 106 cm³/mol. The summed E-state index contributed by atoms with van der Waals surface area (Å²) in [6.45, 7) is 3.78. The van der Waals surface area contributed by atoms with Crippen molar-refractivity contribution in [3.8, 4) is 6.19 Å². The van der Waals surface area contributed by atoms with Gasteiger partial charge < -0.3 is 15.3 Å². The van der Waals surface area contributed by atoms with Crippen molar-refractivity contribution in [1.82, 2.24) is 5.32 Å². The number of halogens is 1. The van der Waals surface area contributed by atoms with Crippen molar-refractivity contribution in [2.24, 2.45) is 0 Å². The molecule has 2 aromatic rings. The zero-order valence-electron chi connectivity index (χ0n) is 15.1. The number of fused-ring (bicyclic) bond motifs is 1. The zero-order chi connectivity index (χ0) is 19.6. The number of aliphatic hydroxyl groups excluding tert-OH is 1. The quantitative estimate of drug-likeness (QED) is 0.553. The van der Waals surface area contributed by atoms with Crippen molar-refractivity contribution < 1.29 is 9.90 Å². The van der Waals surface area contributed by atoms with Crippen LogP contribution in [-0.2, 0) is 0 Å². The molecule has 0 spiro atoms. The van der Waals surface area contributed by atoms with E-state index in [2.05, 4.69) is 17.6 Å². The maximum Gasteiger partial charge on any atom is 0.264 e. The Morgan fingerprint density at radius 2 is 2.04 bits per heavy atom. The molecule has 3 unspecified atom stereocenters. The van der Waals surface area contributed by atoms with Gasteiger partial charge in [-0.05, 0) is 68.3 Å². The average molecular weight is 385 g/mol. The van der Waals surface area contributed by atoms with Crippen LogP contribution >= 0.6 is 11.6 Å². The van der Waals surface area contributed by atoms with E-state index in [1.54, 1.807) is 25.2 Å². The lowest BCUT2D eigenvalue weighted by atomic mass is 9.89. The van der Waals surface area contributed by atoms with Gasteiger partial charge in [0.1, 0.15) is 6.23 Å². The molecule has 7 heteroatoms. The molecule has 1 heterocycles. The number of benzene rings is 2. The fourth-order valence-corrected chi connectivity index (χ4v) is 3.73. The number of hydrogen-bond donors (Lipinski definition) is 3. The van der Waals surface area contributed by atoms with E-state index >= 15 is 0 Å². The van der Waals surface area contributed by atoms with Gasteiger partial charge in [-0.3, -0.25) is 10.1 Å². The Labute approximate surface area is 163 Å². The number of carbonyl (C=O) groups is 1. The van der Waals surface area contributed by atoms with Crippen LogP contribution in [0.1, 0.15) is 42.2 Å². The first-order chi connectivity index (χ1) is 12.9. The third-order valence-electron chi connectivity index (χ3n) is 4.75. The van der Waals surface area contributed by atoms with Crippen LogP contribution in [0.4, 0.5) is 11.4 Å². The SMILES string of the molecule is CC(O)N1c2ccc(C(=O)NC#N)cc2C(Nc2ccc(Cl)cc2)CC1C. The smallest absolute Gasteiger partial charge is 0.264 e. The molecule has 0 aromatic heterocycles. The van der Waals surface area contributed by atoms with Crippen LogP contribution in [0.25, 0.3) is 0 Å². The molecular weight excluding hydrogens is 364 g/mol. The summed E-state index contributed by atoms with van der Waals surface area (Å²) >= 11 is 5.96. The van der Waals surface area contributed by atoms with Crippen molar-refractivity contribution in [3.63, 3.8) is 0 Å². The maximum absolute atomic E-state index is 12.1. The lowest BCUT2D eigenvalue weighted by Gasteiger charge is -2.43. The molecule has 0 saturated carbocycles. The highest BCUT2D eigenvalue weighted by molar-refractivity contribution is 6.30. The number of hydrogen-bond acceptors (Lipinski definition) is 5. The summed E-state index contributed by atoms with van der Waals surface area (Å²) in [5, 5.41) is 25.2. The van der Waals surface area contributed by atoms with Crippen molar-refractivity contribution in [1.29, 1.82) is 5.26 Å². The molecule has 3 atom stereocenters.